The van der Waals surface area contributed by atoms with Crippen molar-refractivity contribution in [2.24, 2.45) is 0 Å². The summed E-state index contributed by atoms with van der Waals surface area (Å²) >= 11 is 0. The van der Waals surface area contributed by atoms with E-state index in [2.05, 4.69) is 43.5 Å². The Morgan fingerprint density at radius 2 is 0.778 bits per heavy atom. The molecule has 0 aromatic heterocycles. The third-order valence-corrected chi connectivity index (χ3v) is 15.3. The van der Waals surface area contributed by atoms with E-state index in [1.165, 1.54) is 244 Å². The number of nitrogens with zero attached hydrogens (tertiary/aromatic N) is 1. The minimum absolute atomic E-state index is 0.00757. The molecule has 0 saturated carbocycles. The van der Waals surface area contributed by atoms with Gasteiger partial charge in [-0.25, -0.2) is 0 Å². The van der Waals surface area contributed by atoms with Crippen LogP contribution < -0.4 is 10.2 Å². The zero-order chi connectivity index (χ0) is 52.7. The highest BCUT2D eigenvalue weighted by Gasteiger charge is 2.23. The van der Waals surface area contributed by atoms with Gasteiger partial charge in [0.15, 0.2) is 0 Å². The second-order valence-electron chi connectivity index (χ2n) is 22.8. The maximum absolute atomic E-state index is 13.0. The molecule has 2 N–H and O–H groups in total. The Bertz CT molecular complexity index is 1270. The van der Waals surface area contributed by atoms with Crippen molar-refractivity contribution in [3.05, 3.63) is 36.5 Å². The number of phosphoric ester groups is 1. The second-order valence-corrected chi connectivity index (χ2v) is 24.2. The Balaban J connectivity index is 3.93. The van der Waals surface area contributed by atoms with Crippen LogP contribution in [0, 0.1) is 0 Å². The minimum Gasteiger partial charge on any atom is -0.756 e. The van der Waals surface area contributed by atoms with Gasteiger partial charge in [0.2, 0.25) is 5.91 Å². The predicted octanol–water partition coefficient (Wildman–Crippen LogP) is 18.7. The Labute approximate surface area is 448 Å². The molecule has 0 rings (SSSR count). The lowest BCUT2D eigenvalue weighted by molar-refractivity contribution is -0.870. The van der Waals surface area contributed by atoms with E-state index in [-0.39, 0.29) is 12.5 Å². The monoisotopic (exact) mass is 1030 g/mol. The van der Waals surface area contributed by atoms with Crippen LogP contribution in [-0.2, 0) is 18.4 Å². The summed E-state index contributed by atoms with van der Waals surface area (Å²) in [5, 5.41) is 13.8. The molecule has 426 valence electrons. The first kappa shape index (κ1) is 70.7. The SMILES string of the molecule is CCCCCC/C=C/CC/C=C/CC/C=C/C(O)C(COP(=O)([O-])OCC[N+](C)(C)C)NC(=O)CCCCCCCCCCCCCCCCCCCCCCCCCCCCCCCCCCCCCC. The summed E-state index contributed by atoms with van der Waals surface area (Å²) in [4.78, 5) is 25.5. The van der Waals surface area contributed by atoms with E-state index in [1.54, 1.807) is 6.08 Å². The van der Waals surface area contributed by atoms with Gasteiger partial charge in [0.25, 0.3) is 7.82 Å². The number of hydrogen-bond donors (Lipinski definition) is 2. The largest absolute Gasteiger partial charge is 0.756 e. The zero-order valence-electron chi connectivity index (χ0n) is 48.6. The highest BCUT2D eigenvalue weighted by atomic mass is 31.2. The van der Waals surface area contributed by atoms with Crippen LogP contribution in [0.2, 0.25) is 0 Å². The maximum atomic E-state index is 13.0. The number of amides is 1. The van der Waals surface area contributed by atoms with Gasteiger partial charge in [-0.1, -0.05) is 294 Å². The van der Waals surface area contributed by atoms with Gasteiger partial charge in [-0.15, -0.1) is 0 Å². The number of carbonyl (C=O) groups excluding carboxylic acids is 1. The quantitative estimate of drug-likeness (QED) is 0.0272. The van der Waals surface area contributed by atoms with E-state index in [1.807, 2.05) is 27.2 Å². The van der Waals surface area contributed by atoms with Crippen molar-refractivity contribution in [1.29, 1.82) is 0 Å². The number of rotatable bonds is 58. The standard InChI is InChI=1S/C63H123N2O6P/c1-6-8-10-12-14-16-18-20-22-23-24-25-26-27-28-29-30-31-32-33-34-35-36-37-38-39-40-41-42-43-45-47-49-51-53-55-57-63(67)64-61(60-71-72(68,69)70-59-58-65(3,4)5)62(66)56-54-52-50-48-46-44-21-19-17-15-13-11-9-7-2/h17,19,46,48,54,56,61-62,66H,6-16,18,20-45,47,49-53,55,57-60H2,1-5H3,(H-,64,67,68,69)/b19-17+,48-46+,56-54+. The first-order chi connectivity index (χ1) is 35.0. The molecule has 0 heterocycles. The summed E-state index contributed by atoms with van der Waals surface area (Å²) in [6.45, 7) is 4.63. The molecule has 3 unspecified atom stereocenters. The molecule has 0 fully saturated rings. The molecule has 0 radical (unpaired) electrons. The number of aliphatic hydroxyl groups excluding tert-OH is 1. The molecule has 72 heavy (non-hydrogen) atoms. The lowest BCUT2D eigenvalue weighted by Gasteiger charge is -2.29. The van der Waals surface area contributed by atoms with Crippen LogP contribution in [0.3, 0.4) is 0 Å². The van der Waals surface area contributed by atoms with Crippen LogP contribution in [0.5, 0.6) is 0 Å². The summed E-state index contributed by atoms with van der Waals surface area (Å²) in [6, 6.07) is -0.907. The summed E-state index contributed by atoms with van der Waals surface area (Å²) in [7, 11) is 1.24. The van der Waals surface area contributed by atoms with Crippen molar-refractivity contribution in [3.8, 4) is 0 Å². The fourth-order valence-electron chi connectivity index (χ4n) is 9.42. The van der Waals surface area contributed by atoms with Crippen LogP contribution in [0.15, 0.2) is 36.5 Å². The molecule has 3 atom stereocenters. The molecule has 0 aliphatic rings. The number of likely N-dealkylation sites (N-methyl/N-ethyl adjacent to an activating group) is 1. The molecule has 0 spiro atoms. The number of allylic oxidation sites excluding steroid dienone is 5. The lowest BCUT2D eigenvalue weighted by atomic mass is 10.0. The Hall–Kier alpha value is -1.28. The summed E-state index contributed by atoms with van der Waals surface area (Å²) in [5.41, 5.74) is 0. The Morgan fingerprint density at radius 3 is 1.12 bits per heavy atom. The molecule has 0 aromatic carbocycles. The van der Waals surface area contributed by atoms with Gasteiger partial charge >= 0.3 is 0 Å². The summed E-state index contributed by atoms with van der Waals surface area (Å²) < 4.78 is 23.3. The van der Waals surface area contributed by atoms with E-state index in [0.29, 0.717) is 17.4 Å². The van der Waals surface area contributed by atoms with Crippen LogP contribution >= 0.6 is 7.82 Å². The highest BCUT2D eigenvalue weighted by Crippen LogP contribution is 2.38. The molecular weight excluding hydrogens is 912 g/mol. The van der Waals surface area contributed by atoms with Crippen LogP contribution in [0.4, 0.5) is 0 Å². The normalized spacial score (nSPS) is 14.0. The van der Waals surface area contributed by atoms with Crippen LogP contribution in [-0.4, -0.2) is 68.5 Å². The van der Waals surface area contributed by atoms with Crippen molar-refractivity contribution in [2.45, 2.75) is 321 Å². The topological polar surface area (TPSA) is 108 Å². The van der Waals surface area contributed by atoms with E-state index in [4.69, 9.17) is 9.05 Å². The third-order valence-electron chi connectivity index (χ3n) is 14.3. The number of quaternary nitrogens is 1. The molecule has 0 saturated heterocycles. The Kier molecular flexibility index (Phi) is 53.5. The molecular formula is C63H123N2O6P. The lowest BCUT2D eigenvalue weighted by Crippen LogP contribution is -2.45. The van der Waals surface area contributed by atoms with E-state index >= 15 is 0 Å². The molecule has 0 aliphatic heterocycles. The third kappa shape index (κ3) is 56.4. The fraction of sp³-hybridized carbons (Fsp3) is 0.889. The summed E-state index contributed by atoms with van der Waals surface area (Å²) in [5.74, 6) is -0.207. The average molecular weight is 1040 g/mol. The number of nitrogens with one attached hydrogen (secondary N) is 1. The van der Waals surface area contributed by atoms with Crippen LogP contribution in [0.1, 0.15) is 309 Å². The smallest absolute Gasteiger partial charge is 0.268 e. The average Bonchev–Trinajstić information content (AvgIpc) is 3.34. The van der Waals surface area contributed by atoms with E-state index < -0.39 is 26.6 Å². The van der Waals surface area contributed by atoms with Crippen molar-refractivity contribution in [2.75, 3.05) is 40.9 Å². The summed E-state index contributed by atoms with van der Waals surface area (Å²) in [6.07, 6.45) is 71.3. The molecule has 0 bridgehead atoms. The molecule has 9 heteroatoms. The van der Waals surface area contributed by atoms with Gasteiger partial charge in [0.05, 0.1) is 39.9 Å². The fourth-order valence-corrected chi connectivity index (χ4v) is 10.1. The van der Waals surface area contributed by atoms with Gasteiger partial charge in [0.1, 0.15) is 13.2 Å². The van der Waals surface area contributed by atoms with Crippen molar-refractivity contribution >= 4 is 13.7 Å². The van der Waals surface area contributed by atoms with Crippen molar-refractivity contribution in [3.63, 3.8) is 0 Å². The van der Waals surface area contributed by atoms with Gasteiger partial charge in [-0.05, 0) is 44.9 Å². The van der Waals surface area contributed by atoms with E-state index in [9.17, 15) is 19.4 Å². The first-order valence-corrected chi connectivity index (χ1v) is 32.8. The highest BCUT2D eigenvalue weighted by molar-refractivity contribution is 7.45. The number of aliphatic hydroxyl groups is 1. The molecule has 0 aliphatic carbocycles. The molecule has 0 aromatic rings. The first-order valence-electron chi connectivity index (χ1n) is 31.4. The number of hydrogen-bond acceptors (Lipinski definition) is 6. The number of carbonyl (C=O) groups is 1. The predicted molar refractivity (Wildman–Crippen MR) is 311 cm³/mol. The van der Waals surface area contributed by atoms with Gasteiger partial charge in [-0.2, -0.15) is 0 Å². The van der Waals surface area contributed by atoms with Gasteiger partial charge < -0.3 is 28.8 Å². The maximum Gasteiger partial charge on any atom is 0.268 e. The van der Waals surface area contributed by atoms with Crippen molar-refractivity contribution in [1.82, 2.24) is 5.32 Å². The number of unbranched alkanes of at least 4 members (excludes halogenated alkanes) is 41. The Morgan fingerprint density at radius 1 is 0.472 bits per heavy atom. The zero-order valence-corrected chi connectivity index (χ0v) is 49.5. The van der Waals surface area contributed by atoms with Crippen LogP contribution in [0.25, 0.3) is 0 Å². The van der Waals surface area contributed by atoms with Crippen molar-refractivity contribution < 1.29 is 32.9 Å². The molecule has 8 nitrogen and oxygen atoms in total. The minimum atomic E-state index is -4.60. The number of phosphoric acid groups is 1. The van der Waals surface area contributed by atoms with Gasteiger partial charge in [0, 0.05) is 6.42 Å². The second kappa shape index (κ2) is 54.5. The van der Waals surface area contributed by atoms with Gasteiger partial charge in [-0.3, -0.25) is 9.36 Å². The van der Waals surface area contributed by atoms with E-state index in [0.717, 1.165) is 44.9 Å². The molecule has 1 amide bonds.